The van der Waals surface area contributed by atoms with Gasteiger partial charge in [-0.1, -0.05) is 48.5 Å². The van der Waals surface area contributed by atoms with Crippen LogP contribution in [0, 0.1) is 6.92 Å². The molecular weight excluding hydrogens is 256 g/mol. The number of aryl methyl sites for hydroxylation is 1. The molecule has 3 aromatic rings. The van der Waals surface area contributed by atoms with E-state index in [0.29, 0.717) is 0 Å². The van der Waals surface area contributed by atoms with Crippen LogP contribution < -0.4 is 0 Å². The van der Waals surface area contributed by atoms with E-state index < -0.39 is 0 Å². The molecule has 1 aromatic heterocycles. The van der Waals surface area contributed by atoms with Gasteiger partial charge in [0.25, 0.3) is 0 Å². The fraction of sp³-hybridized carbons (Fsp3) is 0.0588. The summed E-state index contributed by atoms with van der Waals surface area (Å²) in [7, 11) is 0. The lowest BCUT2D eigenvalue weighted by Crippen LogP contribution is -1.86. The van der Waals surface area contributed by atoms with Gasteiger partial charge in [-0.3, -0.25) is 0 Å². The van der Waals surface area contributed by atoms with Crippen LogP contribution in [0.2, 0.25) is 5.02 Å². The van der Waals surface area contributed by atoms with Crippen molar-refractivity contribution in [1.29, 1.82) is 0 Å². The number of halogens is 1. The lowest BCUT2D eigenvalue weighted by molar-refractivity contribution is 0.597. The standard InChI is InChI=1S/C17H13ClO/c1-11(13-7-9-14(18)10-8-13)17-12(2)15-5-3-4-6-16(15)19-17/h3-10H,1H2,2H3. The third-order valence-corrected chi connectivity index (χ3v) is 3.56. The van der Waals surface area contributed by atoms with Gasteiger partial charge in [0.1, 0.15) is 11.3 Å². The fourth-order valence-electron chi connectivity index (χ4n) is 2.24. The Morgan fingerprint density at radius 1 is 1.05 bits per heavy atom. The van der Waals surface area contributed by atoms with Crippen molar-refractivity contribution in [1.82, 2.24) is 0 Å². The molecule has 3 rings (SSSR count). The molecule has 2 heteroatoms. The van der Waals surface area contributed by atoms with Gasteiger partial charge in [-0.15, -0.1) is 0 Å². The van der Waals surface area contributed by atoms with E-state index >= 15 is 0 Å². The van der Waals surface area contributed by atoms with Crippen molar-refractivity contribution in [3.05, 3.63) is 77.0 Å². The summed E-state index contributed by atoms with van der Waals surface area (Å²) in [5, 5.41) is 1.85. The van der Waals surface area contributed by atoms with Crippen LogP contribution in [-0.2, 0) is 0 Å². The number of benzene rings is 2. The van der Waals surface area contributed by atoms with E-state index in [1.165, 1.54) is 0 Å². The zero-order valence-electron chi connectivity index (χ0n) is 10.6. The zero-order chi connectivity index (χ0) is 13.4. The number of furan rings is 1. The highest BCUT2D eigenvalue weighted by Crippen LogP contribution is 2.32. The number of para-hydroxylation sites is 1. The lowest BCUT2D eigenvalue weighted by Gasteiger charge is -2.04. The fourth-order valence-corrected chi connectivity index (χ4v) is 2.37. The topological polar surface area (TPSA) is 13.1 Å². The van der Waals surface area contributed by atoms with Gasteiger partial charge in [0.05, 0.1) is 0 Å². The summed E-state index contributed by atoms with van der Waals surface area (Å²) < 4.78 is 5.91. The van der Waals surface area contributed by atoms with Crippen LogP contribution in [0.4, 0.5) is 0 Å². The van der Waals surface area contributed by atoms with E-state index in [4.69, 9.17) is 16.0 Å². The third-order valence-electron chi connectivity index (χ3n) is 3.31. The highest BCUT2D eigenvalue weighted by atomic mass is 35.5. The second-order valence-corrected chi connectivity index (χ2v) is 4.97. The van der Waals surface area contributed by atoms with Crippen molar-refractivity contribution in [2.24, 2.45) is 0 Å². The maximum absolute atomic E-state index is 5.91. The van der Waals surface area contributed by atoms with Crippen LogP contribution in [-0.4, -0.2) is 0 Å². The van der Waals surface area contributed by atoms with Crippen molar-refractivity contribution in [2.45, 2.75) is 6.92 Å². The summed E-state index contributed by atoms with van der Waals surface area (Å²) in [4.78, 5) is 0. The molecule has 1 heterocycles. The van der Waals surface area contributed by atoms with Crippen LogP contribution in [0.15, 0.2) is 59.5 Å². The Morgan fingerprint density at radius 3 is 2.42 bits per heavy atom. The first-order valence-electron chi connectivity index (χ1n) is 6.10. The zero-order valence-corrected chi connectivity index (χ0v) is 11.4. The Labute approximate surface area is 117 Å². The van der Waals surface area contributed by atoms with Crippen molar-refractivity contribution >= 4 is 28.1 Å². The Kier molecular flexibility index (Phi) is 2.92. The number of rotatable bonds is 2. The van der Waals surface area contributed by atoms with Crippen molar-refractivity contribution in [3.63, 3.8) is 0 Å². The molecule has 0 atom stereocenters. The summed E-state index contributed by atoms with van der Waals surface area (Å²) >= 11 is 5.90. The summed E-state index contributed by atoms with van der Waals surface area (Å²) in [5.41, 5.74) is 3.91. The maximum atomic E-state index is 5.91. The molecule has 0 radical (unpaired) electrons. The smallest absolute Gasteiger partial charge is 0.138 e. The molecule has 0 saturated heterocycles. The van der Waals surface area contributed by atoms with Crippen LogP contribution >= 0.6 is 11.6 Å². The summed E-state index contributed by atoms with van der Waals surface area (Å²) in [5.74, 6) is 0.837. The molecule has 0 bridgehead atoms. The minimum Gasteiger partial charge on any atom is -0.456 e. The van der Waals surface area contributed by atoms with Crippen molar-refractivity contribution in [3.8, 4) is 0 Å². The van der Waals surface area contributed by atoms with Crippen molar-refractivity contribution in [2.75, 3.05) is 0 Å². The lowest BCUT2D eigenvalue weighted by atomic mass is 10.0. The minimum atomic E-state index is 0.720. The number of hydrogen-bond acceptors (Lipinski definition) is 1. The highest BCUT2D eigenvalue weighted by Gasteiger charge is 2.13. The molecule has 19 heavy (non-hydrogen) atoms. The minimum absolute atomic E-state index is 0.720. The van der Waals surface area contributed by atoms with Gasteiger partial charge in [-0.25, -0.2) is 0 Å². The van der Waals surface area contributed by atoms with Crippen molar-refractivity contribution < 1.29 is 4.42 Å². The Balaban J connectivity index is 2.11. The predicted octanol–water partition coefficient (Wildman–Crippen LogP) is 5.46. The third kappa shape index (κ3) is 2.06. The molecule has 0 saturated carbocycles. The number of hydrogen-bond donors (Lipinski definition) is 0. The first kappa shape index (κ1) is 12.1. The quantitative estimate of drug-likeness (QED) is 0.602. The first-order valence-corrected chi connectivity index (χ1v) is 6.48. The van der Waals surface area contributed by atoms with E-state index in [0.717, 1.165) is 38.5 Å². The Bertz CT molecular complexity index is 751. The average molecular weight is 269 g/mol. The molecule has 0 amide bonds. The SMILES string of the molecule is C=C(c1ccc(Cl)cc1)c1oc2ccccc2c1C. The highest BCUT2D eigenvalue weighted by molar-refractivity contribution is 6.30. The van der Waals surface area contributed by atoms with E-state index in [2.05, 4.69) is 19.6 Å². The van der Waals surface area contributed by atoms with Crippen LogP contribution in [0.25, 0.3) is 16.5 Å². The van der Waals surface area contributed by atoms with Crippen LogP contribution in [0.1, 0.15) is 16.9 Å². The van der Waals surface area contributed by atoms with Gasteiger partial charge in [0.2, 0.25) is 0 Å². The van der Waals surface area contributed by atoms with E-state index in [1.54, 1.807) is 0 Å². The molecule has 94 valence electrons. The molecule has 2 aromatic carbocycles. The molecule has 0 aliphatic rings. The largest absolute Gasteiger partial charge is 0.456 e. The molecule has 1 nitrogen and oxygen atoms in total. The van der Waals surface area contributed by atoms with Gasteiger partial charge in [-0.2, -0.15) is 0 Å². The molecule has 0 unspecified atom stereocenters. The monoisotopic (exact) mass is 268 g/mol. The van der Waals surface area contributed by atoms with E-state index in [1.807, 2.05) is 42.5 Å². The maximum Gasteiger partial charge on any atom is 0.138 e. The molecule has 0 fully saturated rings. The molecular formula is C17H13ClO. The Morgan fingerprint density at radius 2 is 1.74 bits per heavy atom. The van der Waals surface area contributed by atoms with Crippen LogP contribution in [0.5, 0.6) is 0 Å². The first-order chi connectivity index (χ1) is 9.16. The van der Waals surface area contributed by atoms with E-state index in [9.17, 15) is 0 Å². The van der Waals surface area contributed by atoms with Crippen LogP contribution in [0.3, 0.4) is 0 Å². The average Bonchev–Trinajstić information content (AvgIpc) is 2.77. The van der Waals surface area contributed by atoms with Gasteiger partial charge >= 0.3 is 0 Å². The number of fused-ring (bicyclic) bond motifs is 1. The van der Waals surface area contributed by atoms with Gasteiger partial charge in [0.15, 0.2) is 0 Å². The van der Waals surface area contributed by atoms with Gasteiger partial charge < -0.3 is 4.42 Å². The second-order valence-electron chi connectivity index (χ2n) is 4.54. The van der Waals surface area contributed by atoms with Gasteiger partial charge in [-0.05, 0) is 30.7 Å². The summed E-state index contributed by atoms with van der Waals surface area (Å²) in [6, 6.07) is 15.7. The molecule has 0 spiro atoms. The second kappa shape index (κ2) is 4.60. The Hall–Kier alpha value is -1.99. The molecule has 0 aliphatic heterocycles. The van der Waals surface area contributed by atoms with E-state index in [-0.39, 0.29) is 0 Å². The molecule has 0 aliphatic carbocycles. The summed E-state index contributed by atoms with van der Waals surface area (Å²) in [6.07, 6.45) is 0. The molecule has 0 N–H and O–H groups in total. The normalized spacial score (nSPS) is 10.8. The summed E-state index contributed by atoms with van der Waals surface area (Å²) in [6.45, 7) is 6.20. The van der Waals surface area contributed by atoms with Gasteiger partial charge in [0, 0.05) is 21.5 Å². The predicted molar refractivity (Wildman–Crippen MR) is 80.5 cm³/mol.